The number of rotatable bonds is 3. The molecular formula is C11H13Br. The highest BCUT2D eigenvalue weighted by atomic mass is 79.9. The van der Waals surface area contributed by atoms with Crippen LogP contribution in [0, 0.1) is 0 Å². The van der Waals surface area contributed by atoms with Crippen molar-refractivity contribution in [1.29, 1.82) is 0 Å². The van der Waals surface area contributed by atoms with Gasteiger partial charge in [0, 0.05) is 4.48 Å². The fourth-order valence-electron chi connectivity index (χ4n) is 1.27. The third kappa shape index (κ3) is 2.21. The highest BCUT2D eigenvalue weighted by Crippen LogP contribution is 2.23. The number of hydrogen-bond acceptors (Lipinski definition) is 0. The van der Waals surface area contributed by atoms with Gasteiger partial charge in [0.25, 0.3) is 0 Å². The Morgan fingerprint density at radius 3 is 2.67 bits per heavy atom. The molecule has 1 rings (SSSR count). The number of halogens is 1. The summed E-state index contributed by atoms with van der Waals surface area (Å²) < 4.78 is 0.978. The lowest BCUT2D eigenvalue weighted by atomic mass is 10.0. The van der Waals surface area contributed by atoms with Crippen LogP contribution in [0.3, 0.4) is 0 Å². The van der Waals surface area contributed by atoms with Crippen LogP contribution in [0.15, 0.2) is 30.8 Å². The molecule has 0 aliphatic rings. The van der Waals surface area contributed by atoms with Crippen molar-refractivity contribution in [2.45, 2.75) is 19.8 Å². The highest BCUT2D eigenvalue weighted by molar-refractivity contribution is 9.15. The second-order valence-electron chi connectivity index (χ2n) is 2.81. The lowest BCUT2D eigenvalue weighted by molar-refractivity contribution is 0.919. The number of benzene rings is 1. The molecule has 0 aliphatic carbocycles. The van der Waals surface area contributed by atoms with Crippen molar-refractivity contribution in [3.05, 3.63) is 42.0 Å². The van der Waals surface area contributed by atoms with Gasteiger partial charge >= 0.3 is 0 Å². The summed E-state index contributed by atoms with van der Waals surface area (Å²) >= 11 is 3.41. The van der Waals surface area contributed by atoms with Crippen molar-refractivity contribution in [2.75, 3.05) is 0 Å². The molecule has 0 unspecified atom stereocenters. The Hall–Kier alpha value is -0.560. The quantitative estimate of drug-likeness (QED) is 0.729. The summed E-state index contributed by atoms with van der Waals surface area (Å²) in [5, 5.41) is 0. The van der Waals surface area contributed by atoms with E-state index in [1.807, 2.05) is 6.07 Å². The van der Waals surface area contributed by atoms with Crippen LogP contribution in [0.4, 0.5) is 0 Å². The molecule has 0 fully saturated rings. The molecule has 0 amide bonds. The molecule has 0 radical (unpaired) electrons. The van der Waals surface area contributed by atoms with E-state index in [2.05, 4.69) is 47.6 Å². The molecule has 0 spiro atoms. The van der Waals surface area contributed by atoms with E-state index in [-0.39, 0.29) is 0 Å². The van der Waals surface area contributed by atoms with Crippen LogP contribution in [-0.4, -0.2) is 0 Å². The van der Waals surface area contributed by atoms with E-state index in [0.29, 0.717) is 0 Å². The largest absolute Gasteiger partial charge is 0.0841 e. The molecule has 1 heteroatoms. The predicted molar refractivity (Wildman–Crippen MR) is 58.4 cm³/mol. The van der Waals surface area contributed by atoms with E-state index in [1.54, 1.807) is 0 Å². The summed E-state index contributed by atoms with van der Waals surface area (Å²) in [5.41, 5.74) is 2.61. The Labute approximate surface area is 82.4 Å². The van der Waals surface area contributed by atoms with Crippen molar-refractivity contribution < 1.29 is 0 Å². The molecule has 0 N–H and O–H groups in total. The van der Waals surface area contributed by atoms with Crippen LogP contribution in [0.1, 0.15) is 24.5 Å². The van der Waals surface area contributed by atoms with Gasteiger partial charge in [-0.05, 0) is 17.5 Å². The van der Waals surface area contributed by atoms with Crippen LogP contribution in [-0.2, 0) is 6.42 Å². The molecule has 0 saturated carbocycles. The van der Waals surface area contributed by atoms with Gasteiger partial charge in [0.2, 0.25) is 0 Å². The lowest BCUT2D eigenvalue weighted by Crippen LogP contribution is -1.88. The van der Waals surface area contributed by atoms with Crippen molar-refractivity contribution in [3.63, 3.8) is 0 Å². The molecule has 1 aromatic carbocycles. The fourth-order valence-corrected chi connectivity index (χ4v) is 1.66. The molecule has 1 aromatic rings. The van der Waals surface area contributed by atoms with E-state index >= 15 is 0 Å². The first-order valence-electron chi connectivity index (χ1n) is 4.18. The summed E-state index contributed by atoms with van der Waals surface area (Å²) in [6.45, 7) is 6.07. The normalized spacial score (nSPS) is 9.83. The standard InChI is InChI=1S/C11H13Br/c1-3-6-10-7-4-5-8-11(10)9(2)12/h4-5,7-8H,2-3,6H2,1H3. The van der Waals surface area contributed by atoms with Gasteiger partial charge in [0.1, 0.15) is 0 Å². The number of aryl methyl sites for hydroxylation is 1. The average molecular weight is 225 g/mol. The first kappa shape index (κ1) is 9.53. The Bertz CT molecular complexity index is 276. The Morgan fingerprint density at radius 2 is 2.08 bits per heavy atom. The highest BCUT2D eigenvalue weighted by Gasteiger charge is 2.00. The summed E-state index contributed by atoms with van der Waals surface area (Å²) in [6.07, 6.45) is 2.30. The van der Waals surface area contributed by atoms with Crippen LogP contribution >= 0.6 is 15.9 Å². The number of hydrogen-bond donors (Lipinski definition) is 0. The average Bonchev–Trinajstić information content (AvgIpc) is 2.05. The maximum absolute atomic E-state index is 3.88. The smallest absolute Gasteiger partial charge is 0.0178 e. The summed E-state index contributed by atoms with van der Waals surface area (Å²) in [7, 11) is 0. The molecule has 64 valence electrons. The predicted octanol–water partition coefficient (Wildman–Crippen LogP) is 4.00. The minimum atomic E-state index is 0.978. The van der Waals surface area contributed by atoms with E-state index < -0.39 is 0 Å². The second-order valence-corrected chi connectivity index (χ2v) is 3.77. The summed E-state index contributed by atoms with van der Waals surface area (Å²) in [6, 6.07) is 8.37. The minimum absolute atomic E-state index is 0.978. The maximum atomic E-state index is 3.88. The maximum Gasteiger partial charge on any atom is 0.0178 e. The molecule has 12 heavy (non-hydrogen) atoms. The molecule has 0 aromatic heterocycles. The van der Waals surface area contributed by atoms with Crippen LogP contribution < -0.4 is 0 Å². The summed E-state index contributed by atoms with van der Waals surface area (Å²) in [5.74, 6) is 0. The monoisotopic (exact) mass is 224 g/mol. The summed E-state index contributed by atoms with van der Waals surface area (Å²) in [4.78, 5) is 0. The molecule has 0 nitrogen and oxygen atoms in total. The SMILES string of the molecule is C=C(Br)c1ccccc1CCC. The third-order valence-corrected chi connectivity index (χ3v) is 2.26. The van der Waals surface area contributed by atoms with E-state index in [9.17, 15) is 0 Å². The lowest BCUT2D eigenvalue weighted by Gasteiger charge is -2.05. The zero-order valence-electron chi connectivity index (χ0n) is 7.31. The van der Waals surface area contributed by atoms with E-state index in [1.165, 1.54) is 17.5 Å². The molecule has 0 aliphatic heterocycles. The third-order valence-electron chi connectivity index (χ3n) is 1.83. The Morgan fingerprint density at radius 1 is 1.42 bits per heavy atom. The molecule has 0 saturated heterocycles. The van der Waals surface area contributed by atoms with Crippen molar-refractivity contribution >= 4 is 20.4 Å². The van der Waals surface area contributed by atoms with Crippen LogP contribution in [0.5, 0.6) is 0 Å². The zero-order valence-corrected chi connectivity index (χ0v) is 8.89. The van der Waals surface area contributed by atoms with Gasteiger partial charge < -0.3 is 0 Å². The molecule has 0 atom stereocenters. The van der Waals surface area contributed by atoms with Gasteiger partial charge in [-0.3, -0.25) is 0 Å². The first-order chi connectivity index (χ1) is 5.75. The van der Waals surface area contributed by atoms with Crippen molar-refractivity contribution in [2.24, 2.45) is 0 Å². The van der Waals surface area contributed by atoms with Crippen molar-refractivity contribution in [1.82, 2.24) is 0 Å². The topological polar surface area (TPSA) is 0 Å². The molecular weight excluding hydrogens is 212 g/mol. The van der Waals surface area contributed by atoms with E-state index in [4.69, 9.17) is 0 Å². The Kier molecular flexibility index (Phi) is 3.54. The van der Waals surface area contributed by atoms with Crippen LogP contribution in [0.2, 0.25) is 0 Å². The molecule has 0 heterocycles. The minimum Gasteiger partial charge on any atom is -0.0841 e. The van der Waals surface area contributed by atoms with Gasteiger partial charge in [0.15, 0.2) is 0 Å². The molecule has 0 bridgehead atoms. The first-order valence-corrected chi connectivity index (χ1v) is 4.97. The van der Waals surface area contributed by atoms with Gasteiger partial charge in [0.05, 0.1) is 0 Å². The van der Waals surface area contributed by atoms with Gasteiger partial charge in [-0.25, -0.2) is 0 Å². The van der Waals surface area contributed by atoms with Gasteiger partial charge in [-0.2, -0.15) is 0 Å². The van der Waals surface area contributed by atoms with Crippen molar-refractivity contribution in [3.8, 4) is 0 Å². The van der Waals surface area contributed by atoms with Crippen LogP contribution in [0.25, 0.3) is 4.48 Å². The zero-order chi connectivity index (χ0) is 8.97. The van der Waals surface area contributed by atoms with Gasteiger partial charge in [-0.1, -0.05) is 60.1 Å². The Balaban J connectivity index is 3.00. The second kappa shape index (κ2) is 4.46. The fraction of sp³-hybridized carbons (Fsp3) is 0.273. The van der Waals surface area contributed by atoms with E-state index in [0.717, 1.165) is 10.9 Å². The van der Waals surface area contributed by atoms with Gasteiger partial charge in [-0.15, -0.1) is 0 Å².